The Bertz CT molecular complexity index is 884. The Balaban J connectivity index is 1.82. The van der Waals surface area contributed by atoms with E-state index in [1.165, 1.54) is 12.8 Å². The number of sulfonamides is 1. The van der Waals surface area contributed by atoms with E-state index in [0.717, 1.165) is 31.6 Å². The quantitative estimate of drug-likeness (QED) is 0.768. The molecular formula is C21H31N3O3S. The van der Waals surface area contributed by atoms with Crippen molar-refractivity contribution >= 4 is 10.0 Å². The van der Waals surface area contributed by atoms with Crippen LogP contribution in [0.1, 0.15) is 43.0 Å². The first-order valence-corrected chi connectivity index (χ1v) is 11.4. The maximum Gasteiger partial charge on any atom is 0.240 e. The summed E-state index contributed by atoms with van der Waals surface area (Å²) in [7, 11) is -0.0118. The highest BCUT2D eigenvalue weighted by molar-refractivity contribution is 7.89. The van der Waals surface area contributed by atoms with Crippen LogP contribution in [0, 0.1) is 6.92 Å². The van der Waals surface area contributed by atoms with Gasteiger partial charge in [-0.3, -0.25) is 4.90 Å². The molecule has 28 heavy (non-hydrogen) atoms. The van der Waals surface area contributed by atoms with E-state index < -0.39 is 10.0 Å². The summed E-state index contributed by atoms with van der Waals surface area (Å²) in [6, 6.07) is 9.17. The molecule has 1 aromatic heterocycles. The van der Waals surface area contributed by atoms with Crippen molar-refractivity contribution in [3.8, 4) is 5.75 Å². The lowest BCUT2D eigenvalue weighted by atomic mass is 10.1. The van der Waals surface area contributed by atoms with Gasteiger partial charge in [-0.25, -0.2) is 13.1 Å². The highest BCUT2D eigenvalue weighted by atomic mass is 32.2. The average molecular weight is 406 g/mol. The van der Waals surface area contributed by atoms with Gasteiger partial charge in [0.2, 0.25) is 10.0 Å². The fourth-order valence-corrected chi connectivity index (χ4v) is 5.23. The van der Waals surface area contributed by atoms with Crippen LogP contribution in [0.2, 0.25) is 0 Å². The fraction of sp³-hybridized carbons (Fsp3) is 0.524. The number of ether oxygens (including phenoxy) is 1. The van der Waals surface area contributed by atoms with Crippen molar-refractivity contribution in [2.24, 2.45) is 7.05 Å². The summed E-state index contributed by atoms with van der Waals surface area (Å²) in [5.41, 5.74) is 1.81. The molecule has 1 atom stereocenters. The van der Waals surface area contributed by atoms with Gasteiger partial charge in [-0.2, -0.15) is 0 Å². The molecule has 6 nitrogen and oxygen atoms in total. The lowest BCUT2D eigenvalue weighted by molar-refractivity contribution is 0.199. The van der Waals surface area contributed by atoms with Gasteiger partial charge >= 0.3 is 0 Å². The first-order chi connectivity index (χ1) is 13.4. The van der Waals surface area contributed by atoms with Crippen molar-refractivity contribution in [3.05, 3.63) is 47.8 Å². The number of nitrogens with zero attached hydrogens (tertiary/aromatic N) is 2. The molecule has 0 aliphatic carbocycles. The minimum absolute atomic E-state index is 0.0198. The molecule has 0 saturated carbocycles. The molecule has 1 aliphatic heterocycles. The summed E-state index contributed by atoms with van der Waals surface area (Å²) in [5.74, 6) is 0.655. The van der Waals surface area contributed by atoms with Gasteiger partial charge in [0.1, 0.15) is 5.75 Å². The van der Waals surface area contributed by atoms with Crippen LogP contribution in [0.4, 0.5) is 0 Å². The van der Waals surface area contributed by atoms with Gasteiger partial charge in [-0.05, 0) is 68.8 Å². The van der Waals surface area contributed by atoms with Crippen LogP contribution in [0.5, 0.6) is 5.75 Å². The average Bonchev–Trinajstić information content (AvgIpc) is 2.92. The molecule has 1 aliphatic rings. The number of hydrogen-bond acceptors (Lipinski definition) is 4. The number of nitrogens with one attached hydrogen (secondary N) is 1. The third-order valence-corrected chi connectivity index (χ3v) is 7.13. The molecule has 1 unspecified atom stereocenters. The van der Waals surface area contributed by atoms with E-state index >= 15 is 0 Å². The van der Waals surface area contributed by atoms with Crippen molar-refractivity contribution in [3.63, 3.8) is 0 Å². The van der Waals surface area contributed by atoms with Gasteiger partial charge in [-0.1, -0.05) is 12.8 Å². The first-order valence-electron chi connectivity index (χ1n) is 9.92. The van der Waals surface area contributed by atoms with Crippen molar-refractivity contribution in [2.75, 3.05) is 26.7 Å². The van der Waals surface area contributed by atoms with Crippen LogP contribution in [0.25, 0.3) is 0 Å². The first kappa shape index (κ1) is 20.9. The Morgan fingerprint density at radius 2 is 1.86 bits per heavy atom. The molecule has 1 saturated heterocycles. The summed E-state index contributed by atoms with van der Waals surface area (Å²) in [5, 5.41) is 0. The number of methoxy groups -OCH3 is 1. The third kappa shape index (κ3) is 4.77. The summed E-state index contributed by atoms with van der Waals surface area (Å²) >= 11 is 0. The van der Waals surface area contributed by atoms with Crippen LogP contribution in [-0.2, 0) is 17.1 Å². The fourth-order valence-electron chi connectivity index (χ4n) is 3.96. The molecule has 2 aromatic rings. The van der Waals surface area contributed by atoms with E-state index in [9.17, 15) is 8.42 Å². The van der Waals surface area contributed by atoms with Gasteiger partial charge in [-0.15, -0.1) is 0 Å². The Morgan fingerprint density at radius 1 is 1.14 bits per heavy atom. The number of aromatic nitrogens is 1. The molecule has 0 amide bonds. The van der Waals surface area contributed by atoms with E-state index in [4.69, 9.17) is 4.74 Å². The Hall–Kier alpha value is -1.83. The van der Waals surface area contributed by atoms with E-state index in [0.29, 0.717) is 22.8 Å². The zero-order chi connectivity index (χ0) is 20.1. The Kier molecular flexibility index (Phi) is 6.80. The lowest BCUT2D eigenvalue weighted by Gasteiger charge is -2.31. The Morgan fingerprint density at radius 3 is 2.43 bits per heavy atom. The van der Waals surface area contributed by atoms with E-state index in [1.807, 2.05) is 19.3 Å². The van der Waals surface area contributed by atoms with Crippen LogP contribution < -0.4 is 9.46 Å². The summed E-state index contributed by atoms with van der Waals surface area (Å²) in [4.78, 5) is 2.72. The van der Waals surface area contributed by atoms with Gasteiger partial charge in [0.05, 0.1) is 18.0 Å². The van der Waals surface area contributed by atoms with Crippen LogP contribution in [0.3, 0.4) is 0 Å². The highest BCUT2D eigenvalue weighted by Gasteiger charge is 2.26. The predicted molar refractivity (Wildman–Crippen MR) is 111 cm³/mol. The van der Waals surface area contributed by atoms with Crippen molar-refractivity contribution < 1.29 is 13.2 Å². The molecule has 154 valence electrons. The van der Waals surface area contributed by atoms with E-state index in [1.54, 1.807) is 32.2 Å². The zero-order valence-corrected chi connectivity index (χ0v) is 17.8. The van der Waals surface area contributed by atoms with Crippen LogP contribution in [-0.4, -0.2) is 44.6 Å². The number of aryl methyl sites for hydroxylation is 2. The summed E-state index contributed by atoms with van der Waals surface area (Å²) < 4.78 is 36.1. The number of hydrogen-bond donors (Lipinski definition) is 1. The molecule has 0 spiro atoms. The second kappa shape index (κ2) is 9.11. The predicted octanol–water partition coefficient (Wildman–Crippen LogP) is 3.24. The van der Waals surface area contributed by atoms with Crippen molar-refractivity contribution in [1.29, 1.82) is 0 Å². The SMILES string of the molecule is COc1ccc(S(=O)(=O)NCC(c2cccn2C)N2CCCCCC2)c(C)c1. The van der Waals surface area contributed by atoms with Gasteiger partial charge in [0, 0.05) is 25.5 Å². The molecule has 1 fully saturated rings. The zero-order valence-electron chi connectivity index (χ0n) is 17.0. The van der Waals surface area contributed by atoms with Crippen molar-refractivity contribution in [1.82, 2.24) is 14.2 Å². The molecule has 3 rings (SSSR count). The van der Waals surface area contributed by atoms with Gasteiger partial charge < -0.3 is 9.30 Å². The highest BCUT2D eigenvalue weighted by Crippen LogP contribution is 2.26. The molecule has 0 bridgehead atoms. The maximum absolute atomic E-state index is 13.0. The standard InChI is InChI=1S/C21H31N3O3S/c1-17-15-18(27-3)10-11-21(17)28(25,26)22-16-20(19-9-8-12-23(19)2)24-13-6-4-5-7-14-24/h8-12,15,20,22H,4-7,13-14,16H2,1-3H3. The largest absolute Gasteiger partial charge is 0.497 e. The number of benzene rings is 1. The third-order valence-electron chi connectivity index (χ3n) is 5.55. The molecule has 7 heteroatoms. The summed E-state index contributed by atoms with van der Waals surface area (Å²) in [6.07, 6.45) is 6.82. The van der Waals surface area contributed by atoms with Crippen LogP contribution in [0.15, 0.2) is 41.4 Å². The van der Waals surface area contributed by atoms with Crippen molar-refractivity contribution in [2.45, 2.75) is 43.5 Å². The molecule has 1 aromatic carbocycles. The monoisotopic (exact) mass is 405 g/mol. The molecular weight excluding hydrogens is 374 g/mol. The minimum atomic E-state index is -3.60. The summed E-state index contributed by atoms with van der Waals surface area (Å²) in [6.45, 7) is 4.14. The number of rotatable bonds is 7. The lowest BCUT2D eigenvalue weighted by Crippen LogP contribution is -2.39. The van der Waals surface area contributed by atoms with E-state index in [-0.39, 0.29) is 6.04 Å². The molecule has 1 N–H and O–H groups in total. The van der Waals surface area contributed by atoms with Gasteiger partial charge in [0.15, 0.2) is 0 Å². The minimum Gasteiger partial charge on any atom is -0.497 e. The van der Waals surface area contributed by atoms with E-state index in [2.05, 4.69) is 20.3 Å². The maximum atomic E-state index is 13.0. The second-order valence-corrected chi connectivity index (χ2v) is 9.23. The molecule has 2 heterocycles. The van der Waals surface area contributed by atoms with Crippen LogP contribution >= 0.6 is 0 Å². The normalized spacial score (nSPS) is 17.2. The molecule has 0 radical (unpaired) electrons. The second-order valence-electron chi connectivity index (χ2n) is 7.49. The topological polar surface area (TPSA) is 63.6 Å². The number of likely N-dealkylation sites (tertiary alicyclic amines) is 1. The van der Waals surface area contributed by atoms with Gasteiger partial charge in [0.25, 0.3) is 0 Å². The smallest absolute Gasteiger partial charge is 0.240 e. The Labute approximate surface area is 168 Å².